The van der Waals surface area contributed by atoms with Gasteiger partial charge in [0.15, 0.2) is 4.34 Å². The first-order valence-electron chi connectivity index (χ1n) is 6.30. The Morgan fingerprint density at radius 2 is 2.05 bits per heavy atom. The molecule has 0 spiro atoms. The summed E-state index contributed by atoms with van der Waals surface area (Å²) in [4.78, 5) is 12.2. The average molecular weight is 307 g/mol. The molecule has 1 N–H and O–H groups in total. The van der Waals surface area contributed by atoms with Crippen LogP contribution in [0.25, 0.3) is 0 Å². The van der Waals surface area contributed by atoms with Crippen LogP contribution in [0.1, 0.15) is 23.1 Å². The Morgan fingerprint density at radius 1 is 1.30 bits per heavy atom. The minimum Gasteiger partial charge on any atom is -0.325 e. The zero-order chi connectivity index (χ0) is 14.7. The number of hydrogen-bond acceptors (Lipinski definition) is 5. The largest absolute Gasteiger partial charge is 0.325 e. The Morgan fingerprint density at radius 3 is 2.65 bits per heavy atom. The van der Waals surface area contributed by atoms with E-state index in [1.165, 1.54) is 28.7 Å². The number of aryl methyl sites for hydroxylation is 3. The lowest BCUT2D eigenvalue weighted by atomic mass is 10.1. The van der Waals surface area contributed by atoms with Crippen LogP contribution >= 0.6 is 23.1 Å². The van der Waals surface area contributed by atoms with E-state index in [1.807, 2.05) is 39.8 Å². The highest BCUT2D eigenvalue weighted by Crippen LogP contribution is 2.27. The fourth-order valence-electron chi connectivity index (χ4n) is 1.72. The summed E-state index contributed by atoms with van der Waals surface area (Å²) >= 11 is 2.94. The van der Waals surface area contributed by atoms with E-state index in [-0.39, 0.29) is 11.2 Å². The first kappa shape index (κ1) is 15.0. The fourth-order valence-corrected chi connectivity index (χ4v) is 3.68. The molecule has 0 fully saturated rings. The van der Waals surface area contributed by atoms with Gasteiger partial charge >= 0.3 is 0 Å². The molecular weight excluding hydrogens is 290 g/mol. The van der Waals surface area contributed by atoms with Crippen LogP contribution in [-0.2, 0) is 4.79 Å². The van der Waals surface area contributed by atoms with Gasteiger partial charge in [0.25, 0.3) is 0 Å². The lowest BCUT2D eigenvalue weighted by Crippen LogP contribution is -2.22. The maximum absolute atomic E-state index is 12.2. The molecule has 1 aromatic carbocycles. The highest BCUT2D eigenvalue weighted by atomic mass is 32.2. The maximum atomic E-state index is 12.2. The molecule has 6 heteroatoms. The summed E-state index contributed by atoms with van der Waals surface area (Å²) in [6.45, 7) is 7.81. The van der Waals surface area contributed by atoms with E-state index >= 15 is 0 Å². The van der Waals surface area contributed by atoms with Gasteiger partial charge in [-0.1, -0.05) is 40.8 Å². The third-order valence-electron chi connectivity index (χ3n) is 2.79. The van der Waals surface area contributed by atoms with Gasteiger partial charge in [0.2, 0.25) is 5.91 Å². The number of nitrogens with zero attached hydrogens (tertiary/aromatic N) is 2. The van der Waals surface area contributed by atoms with Crippen LogP contribution in [0.15, 0.2) is 22.5 Å². The van der Waals surface area contributed by atoms with E-state index in [4.69, 9.17) is 0 Å². The summed E-state index contributed by atoms with van der Waals surface area (Å²) in [5, 5.41) is 11.6. The van der Waals surface area contributed by atoms with Crippen molar-refractivity contribution in [1.82, 2.24) is 10.2 Å². The van der Waals surface area contributed by atoms with Gasteiger partial charge in [-0.2, -0.15) is 0 Å². The quantitative estimate of drug-likeness (QED) is 0.877. The average Bonchev–Trinajstić information content (AvgIpc) is 2.78. The molecule has 0 aliphatic carbocycles. The molecule has 2 aromatic rings. The molecule has 0 aliphatic rings. The van der Waals surface area contributed by atoms with Crippen molar-refractivity contribution in [3.63, 3.8) is 0 Å². The van der Waals surface area contributed by atoms with Crippen LogP contribution in [0.3, 0.4) is 0 Å². The number of rotatable bonds is 4. The number of aromatic nitrogens is 2. The van der Waals surface area contributed by atoms with Crippen molar-refractivity contribution in [2.45, 2.75) is 37.3 Å². The molecule has 1 aromatic heterocycles. The lowest BCUT2D eigenvalue weighted by molar-refractivity contribution is -0.115. The van der Waals surface area contributed by atoms with Gasteiger partial charge in [-0.15, -0.1) is 10.2 Å². The molecule has 1 heterocycles. The Bertz CT molecular complexity index is 625. The molecule has 2 rings (SSSR count). The number of nitrogens with one attached hydrogen (secondary N) is 1. The van der Waals surface area contributed by atoms with E-state index in [9.17, 15) is 4.79 Å². The van der Waals surface area contributed by atoms with E-state index in [0.717, 1.165) is 20.6 Å². The number of hydrogen-bond donors (Lipinski definition) is 1. The van der Waals surface area contributed by atoms with Crippen LogP contribution < -0.4 is 5.32 Å². The number of carbonyl (C=O) groups excluding carboxylic acids is 1. The van der Waals surface area contributed by atoms with E-state index in [0.29, 0.717) is 0 Å². The van der Waals surface area contributed by atoms with Crippen LogP contribution in [-0.4, -0.2) is 21.4 Å². The predicted molar refractivity (Wildman–Crippen MR) is 84.5 cm³/mol. The standard InChI is InChI=1S/C14H17N3OS2/c1-8-5-6-12(9(2)7-8)15-13(18)10(3)19-14-17-16-11(4)20-14/h5-7,10H,1-4H3,(H,15,18). The Hall–Kier alpha value is -1.40. The molecular formula is C14H17N3OS2. The summed E-state index contributed by atoms with van der Waals surface area (Å²) in [5.41, 5.74) is 3.12. The summed E-state index contributed by atoms with van der Waals surface area (Å²) in [6, 6.07) is 5.99. The van der Waals surface area contributed by atoms with Gasteiger partial charge in [0, 0.05) is 5.69 Å². The molecule has 0 bridgehead atoms. The summed E-state index contributed by atoms with van der Waals surface area (Å²) < 4.78 is 0.825. The third-order valence-corrected chi connectivity index (χ3v) is 4.82. The van der Waals surface area contributed by atoms with Crippen molar-refractivity contribution in [1.29, 1.82) is 0 Å². The van der Waals surface area contributed by atoms with Crippen molar-refractivity contribution in [2.75, 3.05) is 5.32 Å². The SMILES string of the molecule is Cc1ccc(NC(=O)C(C)Sc2nnc(C)s2)c(C)c1. The second-order valence-electron chi connectivity index (χ2n) is 4.65. The highest BCUT2D eigenvalue weighted by Gasteiger charge is 2.17. The second kappa shape index (κ2) is 6.37. The lowest BCUT2D eigenvalue weighted by Gasteiger charge is -2.12. The van der Waals surface area contributed by atoms with Gasteiger partial charge in [-0.25, -0.2) is 0 Å². The van der Waals surface area contributed by atoms with Gasteiger partial charge in [0.05, 0.1) is 5.25 Å². The Labute approximate surface area is 127 Å². The molecule has 20 heavy (non-hydrogen) atoms. The molecule has 0 saturated carbocycles. The summed E-state index contributed by atoms with van der Waals surface area (Å²) in [6.07, 6.45) is 0. The molecule has 0 radical (unpaired) electrons. The second-order valence-corrected chi connectivity index (χ2v) is 7.42. The maximum Gasteiger partial charge on any atom is 0.237 e. The van der Waals surface area contributed by atoms with Crippen molar-refractivity contribution in [3.05, 3.63) is 34.3 Å². The molecule has 0 aliphatic heterocycles. The molecule has 106 valence electrons. The smallest absolute Gasteiger partial charge is 0.237 e. The summed E-state index contributed by atoms with van der Waals surface area (Å²) in [5.74, 6) is -0.0187. The predicted octanol–water partition coefficient (Wildman–Crippen LogP) is 3.58. The Kier molecular flexibility index (Phi) is 4.77. The molecule has 1 amide bonds. The molecule has 1 atom stereocenters. The van der Waals surface area contributed by atoms with Crippen molar-refractivity contribution in [3.8, 4) is 0 Å². The first-order valence-corrected chi connectivity index (χ1v) is 8.00. The van der Waals surface area contributed by atoms with Crippen molar-refractivity contribution in [2.24, 2.45) is 0 Å². The van der Waals surface area contributed by atoms with Crippen molar-refractivity contribution < 1.29 is 4.79 Å². The topological polar surface area (TPSA) is 54.9 Å². The minimum absolute atomic E-state index is 0.0187. The monoisotopic (exact) mass is 307 g/mol. The first-order chi connectivity index (χ1) is 9.45. The number of anilines is 1. The van der Waals surface area contributed by atoms with E-state index < -0.39 is 0 Å². The normalized spacial score (nSPS) is 12.2. The summed E-state index contributed by atoms with van der Waals surface area (Å²) in [7, 11) is 0. The van der Waals surface area contributed by atoms with Gasteiger partial charge in [-0.05, 0) is 39.3 Å². The molecule has 0 saturated heterocycles. The zero-order valence-corrected chi connectivity index (χ0v) is 13.6. The van der Waals surface area contributed by atoms with Crippen LogP contribution in [0.4, 0.5) is 5.69 Å². The van der Waals surface area contributed by atoms with Crippen LogP contribution in [0, 0.1) is 20.8 Å². The van der Waals surface area contributed by atoms with Gasteiger partial charge < -0.3 is 5.32 Å². The fraction of sp³-hybridized carbons (Fsp3) is 0.357. The number of carbonyl (C=O) groups is 1. The van der Waals surface area contributed by atoms with Gasteiger partial charge in [0.1, 0.15) is 5.01 Å². The third kappa shape index (κ3) is 3.80. The van der Waals surface area contributed by atoms with Crippen LogP contribution in [0.2, 0.25) is 0 Å². The van der Waals surface area contributed by atoms with Crippen molar-refractivity contribution >= 4 is 34.7 Å². The van der Waals surface area contributed by atoms with Crippen LogP contribution in [0.5, 0.6) is 0 Å². The number of amides is 1. The number of thioether (sulfide) groups is 1. The van der Waals surface area contributed by atoms with E-state index in [1.54, 1.807) is 0 Å². The molecule has 1 unspecified atom stereocenters. The van der Waals surface area contributed by atoms with E-state index in [2.05, 4.69) is 21.6 Å². The van der Waals surface area contributed by atoms with Gasteiger partial charge in [-0.3, -0.25) is 4.79 Å². The Balaban J connectivity index is 2.00. The minimum atomic E-state index is -0.206. The number of benzene rings is 1. The molecule has 4 nitrogen and oxygen atoms in total. The zero-order valence-electron chi connectivity index (χ0n) is 11.9. The highest BCUT2D eigenvalue weighted by molar-refractivity contribution is 8.02.